The van der Waals surface area contributed by atoms with E-state index >= 15 is 0 Å². The molecule has 0 saturated heterocycles. The molecule has 0 saturated carbocycles. The summed E-state index contributed by atoms with van der Waals surface area (Å²) >= 11 is 1.88. The van der Waals surface area contributed by atoms with Gasteiger partial charge in [-0.15, -0.1) is 0 Å². The van der Waals surface area contributed by atoms with Gasteiger partial charge in [0.15, 0.2) is 0 Å². The van der Waals surface area contributed by atoms with Crippen molar-refractivity contribution in [2.75, 3.05) is 0 Å². The molecule has 0 radical (unpaired) electrons. The molecule has 1 N–H and O–H groups in total. The van der Waals surface area contributed by atoms with Gasteiger partial charge in [-0.1, -0.05) is 13.8 Å². The largest absolute Gasteiger partial charge is 0.299 e. The van der Waals surface area contributed by atoms with Gasteiger partial charge in [-0.25, -0.2) is 0 Å². The second kappa shape index (κ2) is 5.45. The summed E-state index contributed by atoms with van der Waals surface area (Å²) in [7, 11) is 0. The minimum Gasteiger partial charge on any atom is -0.299 e. The maximum atomic E-state index is 11.5. The molecule has 1 rings (SSSR count). The third-order valence-electron chi connectivity index (χ3n) is 2.41. The van der Waals surface area contributed by atoms with E-state index < -0.39 is 0 Å². The van der Waals surface area contributed by atoms with Gasteiger partial charge in [0.1, 0.15) is 0 Å². The van der Waals surface area contributed by atoms with Crippen LogP contribution >= 0.6 is 11.8 Å². The maximum Gasteiger partial charge on any atom is 0.266 e. The SMILES string of the molecule is CCC(C)SCc1cc(=O)n(C(C)C)[nH]1. The summed E-state index contributed by atoms with van der Waals surface area (Å²) in [6, 6.07) is 1.91. The van der Waals surface area contributed by atoms with Gasteiger partial charge in [-0.2, -0.15) is 11.8 Å². The van der Waals surface area contributed by atoms with Crippen LogP contribution in [0.15, 0.2) is 10.9 Å². The van der Waals surface area contributed by atoms with Crippen LogP contribution in [-0.2, 0) is 5.75 Å². The molecular weight excluding hydrogens is 208 g/mol. The lowest BCUT2D eigenvalue weighted by Crippen LogP contribution is -2.17. The molecule has 1 aromatic rings. The highest BCUT2D eigenvalue weighted by Crippen LogP contribution is 2.18. The number of rotatable bonds is 5. The summed E-state index contributed by atoms with van der Waals surface area (Å²) in [5, 5.41) is 3.79. The minimum absolute atomic E-state index is 0.0738. The van der Waals surface area contributed by atoms with Crippen molar-refractivity contribution in [3.8, 4) is 0 Å². The number of hydrogen-bond donors (Lipinski definition) is 1. The Bertz CT molecular complexity index is 354. The van der Waals surface area contributed by atoms with E-state index in [1.54, 1.807) is 10.7 Å². The Morgan fingerprint density at radius 1 is 1.47 bits per heavy atom. The summed E-state index contributed by atoms with van der Waals surface area (Å²) in [5.41, 5.74) is 1.10. The van der Waals surface area contributed by atoms with Crippen LogP contribution in [0, 0.1) is 0 Å². The molecule has 0 amide bonds. The lowest BCUT2D eigenvalue weighted by Gasteiger charge is -2.07. The van der Waals surface area contributed by atoms with Crippen molar-refractivity contribution >= 4 is 11.8 Å². The molecule has 86 valence electrons. The Labute approximate surface area is 95.2 Å². The summed E-state index contributed by atoms with van der Waals surface area (Å²) in [6.45, 7) is 8.40. The van der Waals surface area contributed by atoms with Gasteiger partial charge in [0.25, 0.3) is 5.56 Å². The van der Waals surface area contributed by atoms with Crippen molar-refractivity contribution in [3.05, 3.63) is 22.1 Å². The zero-order valence-electron chi connectivity index (χ0n) is 9.91. The molecule has 4 heteroatoms. The van der Waals surface area contributed by atoms with Gasteiger partial charge >= 0.3 is 0 Å². The number of aromatic nitrogens is 2. The van der Waals surface area contributed by atoms with Crippen molar-refractivity contribution in [1.82, 2.24) is 9.78 Å². The molecule has 0 spiro atoms. The number of hydrogen-bond acceptors (Lipinski definition) is 2. The predicted molar refractivity (Wildman–Crippen MR) is 66.5 cm³/mol. The number of aromatic amines is 1. The van der Waals surface area contributed by atoms with Crippen LogP contribution in [0.5, 0.6) is 0 Å². The molecule has 0 aliphatic heterocycles. The average Bonchev–Trinajstić information content (AvgIpc) is 2.56. The molecule has 1 aromatic heterocycles. The summed E-state index contributed by atoms with van der Waals surface area (Å²) in [5.74, 6) is 0.893. The third-order valence-corrected chi connectivity index (χ3v) is 3.79. The van der Waals surface area contributed by atoms with Crippen molar-refractivity contribution in [2.45, 2.75) is 51.2 Å². The number of nitrogens with zero attached hydrogens (tertiary/aromatic N) is 1. The molecule has 0 aliphatic rings. The van der Waals surface area contributed by atoms with Crippen LogP contribution in [0.25, 0.3) is 0 Å². The van der Waals surface area contributed by atoms with Gasteiger partial charge in [-0.3, -0.25) is 14.6 Å². The molecular formula is C11H20N2OS. The molecule has 1 unspecified atom stereocenters. The van der Waals surface area contributed by atoms with E-state index in [1.807, 2.05) is 25.6 Å². The number of nitrogens with one attached hydrogen (secondary N) is 1. The number of thioether (sulfide) groups is 1. The fraction of sp³-hybridized carbons (Fsp3) is 0.727. The zero-order valence-corrected chi connectivity index (χ0v) is 10.7. The van der Waals surface area contributed by atoms with Gasteiger partial charge in [0.05, 0.1) is 0 Å². The molecule has 0 aliphatic carbocycles. The predicted octanol–water partition coefficient (Wildman–Crippen LogP) is 2.79. The molecule has 0 bridgehead atoms. The Kier molecular flexibility index (Phi) is 4.51. The first-order valence-electron chi connectivity index (χ1n) is 5.46. The fourth-order valence-corrected chi connectivity index (χ4v) is 2.12. The van der Waals surface area contributed by atoms with Crippen molar-refractivity contribution < 1.29 is 0 Å². The first kappa shape index (κ1) is 12.4. The highest BCUT2D eigenvalue weighted by atomic mass is 32.2. The van der Waals surface area contributed by atoms with Crippen LogP contribution < -0.4 is 5.56 Å². The third kappa shape index (κ3) is 3.45. The van der Waals surface area contributed by atoms with Gasteiger partial charge in [-0.05, 0) is 20.3 Å². The quantitative estimate of drug-likeness (QED) is 0.841. The average molecular weight is 228 g/mol. The molecule has 0 aromatic carbocycles. The van der Waals surface area contributed by atoms with Crippen LogP contribution in [-0.4, -0.2) is 15.0 Å². The summed E-state index contributed by atoms with van der Waals surface area (Å²) < 4.78 is 1.67. The fourth-order valence-electron chi connectivity index (χ4n) is 1.27. The Morgan fingerprint density at radius 2 is 2.13 bits per heavy atom. The normalized spacial score (nSPS) is 13.4. The standard InChI is InChI=1S/C11H20N2OS/c1-5-9(4)15-7-10-6-11(14)13(12-10)8(2)3/h6,8-9,12H,5,7H2,1-4H3. The van der Waals surface area contributed by atoms with Crippen LogP contribution in [0.3, 0.4) is 0 Å². The Morgan fingerprint density at radius 3 is 2.60 bits per heavy atom. The smallest absolute Gasteiger partial charge is 0.266 e. The summed E-state index contributed by atoms with van der Waals surface area (Å²) in [4.78, 5) is 11.5. The van der Waals surface area contributed by atoms with E-state index in [0.29, 0.717) is 5.25 Å². The Balaban J connectivity index is 2.64. The summed E-state index contributed by atoms with van der Waals surface area (Å²) in [6.07, 6.45) is 1.17. The first-order chi connectivity index (χ1) is 7.04. The maximum absolute atomic E-state index is 11.5. The zero-order chi connectivity index (χ0) is 11.4. The first-order valence-corrected chi connectivity index (χ1v) is 6.51. The molecule has 15 heavy (non-hydrogen) atoms. The van der Waals surface area contributed by atoms with Gasteiger partial charge in [0, 0.05) is 28.8 Å². The van der Waals surface area contributed by atoms with E-state index in [1.165, 1.54) is 6.42 Å². The van der Waals surface area contributed by atoms with Gasteiger partial charge in [0.2, 0.25) is 0 Å². The van der Waals surface area contributed by atoms with Crippen LogP contribution in [0.2, 0.25) is 0 Å². The van der Waals surface area contributed by atoms with E-state index in [9.17, 15) is 4.79 Å². The van der Waals surface area contributed by atoms with E-state index in [2.05, 4.69) is 18.9 Å². The molecule has 0 fully saturated rings. The highest BCUT2D eigenvalue weighted by molar-refractivity contribution is 7.99. The topological polar surface area (TPSA) is 37.8 Å². The Hall–Kier alpha value is -0.640. The molecule has 1 heterocycles. The lowest BCUT2D eigenvalue weighted by molar-refractivity contribution is 0.513. The van der Waals surface area contributed by atoms with E-state index in [-0.39, 0.29) is 11.6 Å². The van der Waals surface area contributed by atoms with E-state index in [4.69, 9.17) is 0 Å². The monoisotopic (exact) mass is 228 g/mol. The van der Waals surface area contributed by atoms with Gasteiger partial charge < -0.3 is 0 Å². The second-order valence-electron chi connectivity index (χ2n) is 4.11. The van der Waals surface area contributed by atoms with Crippen molar-refractivity contribution in [3.63, 3.8) is 0 Å². The molecule has 3 nitrogen and oxygen atoms in total. The van der Waals surface area contributed by atoms with Crippen LogP contribution in [0.1, 0.15) is 45.9 Å². The lowest BCUT2D eigenvalue weighted by atomic mass is 10.4. The number of H-pyrrole nitrogens is 1. The van der Waals surface area contributed by atoms with Crippen molar-refractivity contribution in [2.24, 2.45) is 0 Å². The van der Waals surface area contributed by atoms with E-state index in [0.717, 1.165) is 11.4 Å². The second-order valence-corrected chi connectivity index (χ2v) is 5.54. The highest BCUT2D eigenvalue weighted by Gasteiger charge is 2.07. The minimum atomic E-state index is 0.0738. The molecule has 1 atom stereocenters. The van der Waals surface area contributed by atoms with Crippen molar-refractivity contribution in [1.29, 1.82) is 0 Å². The van der Waals surface area contributed by atoms with Crippen LogP contribution in [0.4, 0.5) is 0 Å².